The molecule has 0 aliphatic carbocycles. The number of anilines is 1. The minimum absolute atomic E-state index is 0.145. The Hall–Kier alpha value is -2.21. The summed E-state index contributed by atoms with van der Waals surface area (Å²) in [4.78, 5) is 0.145. The van der Waals surface area contributed by atoms with Crippen molar-refractivity contribution in [2.45, 2.75) is 25.2 Å². The van der Waals surface area contributed by atoms with Crippen LogP contribution in [0.2, 0.25) is 0 Å². The minimum Gasteiger partial charge on any atom is -0.494 e. The van der Waals surface area contributed by atoms with Gasteiger partial charge < -0.3 is 9.47 Å². The fraction of sp³-hybridized carbons (Fsp3) is 0.333. The Morgan fingerprint density at radius 2 is 1.79 bits per heavy atom. The fourth-order valence-corrected chi connectivity index (χ4v) is 4.55. The van der Waals surface area contributed by atoms with E-state index in [0.29, 0.717) is 37.7 Å². The van der Waals surface area contributed by atoms with Gasteiger partial charge in [-0.2, -0.15) is 0 Å². The van der Waals surface area contributed by atoms with E-state index in [1.165, 1.54) is 4.31 Å². The largest absolute Gasteiger partial charge is 0.494 e. The third-order valence-electron chi connectivity index (χ3n) is 3.94. The summed E-state index contributed by atoms with van der Waals surface area (Å²) < 4.78 is 38.9. The molecule has 24 heavy (non-hydrogen) atoms. The standard InChI is InChI=1S/C18H21NO4S/c1-3-22-15-9-10-17(23-4-2)18(13-15)24(20,21)19-12-11-14-7-5-6-8-16(14)19/h5-10,13H,3-4,11-12H2,1-2H3. The van der Waals surface area contributed by atoms with Crippen molar-refractivity contribution in [3.63, 3.8) is 0 Å². The quantitative estimate of drug-likeness (QED) is 0.805. The molecule has 0 aromatic heterocycles. The van der Waals surface area contributed by atoms with Crippen molar-refractivity contribution in [1.29, 1.82) is 0 Å². The molecule has 0 fully saturated rings. The van der Waals surface area contributed by atoms with Gasteiger partial charge in [-0.25, -0.2) is 8.42 Å². The second-order valence-corrected chi connectivity index (χ2v) is 7.26. The molecule has 6 heteroatoms. The summed E-state index contributed by atoms with van der Waals surface area (Å²) in [6.07, 6.45) is 0.713. The van der Waals surface area contributed by atoms with Crippen molar-refractivity contribution >= 4 is 15.7 Å². The zero-order valence-corrected chi connectivity index (χ0v) is 14.7. The average molecular weight is 347 g/mol. The zero-order chi connectivity index (χ0) is 17.2. The van der Waals surface area contributed by atoms with Gasteiger partial charge in [0.2, 0.25) is 0 Å². The number of rotatable bonds is 6. The van der Waals surface area contributed by atoms with Crippen LogP contribution < -0.4 is 13.8 Å². The third-order valence-corrected chi connectivity index (χ3v) is 5.77. The predicted molar refractivity (Wildman–Crippen MR) is 93.5 cm³/mol. The maximum Gasteiger partial charge on any atom is 0.268 e. The number of sulfonamides is 1. The SMILES string of the molecule is CCOc1ccc(OCC)c(S(=O)(=O)N2CCc3ccccc32)c1. The van der Waals surface area contributed by atoms with Crippen molar-refractivity contribution in [1.82, 2.24) is 0 Å². The topological polar surface area (TPSA) is 55.8 Å². The molecule has 0 saturated heterocycles. The number of hydrogen-bond donors (Lipinski definition) is 0. The molecule has 0 unspecified atom stereocenters. The molecule has 0 bridgehead atoms. The molecule has 1 aliphatic rings. The van der Waals surface area contributed by atoms with Gasteiger partial charge in [-0.1, -0.05) is 18.2 Å². The van der Waals surface area contributed by atoms with E-state index in [4.69, 9.17) is 9.47 Å². The van der Waals surface area contributed by atoms with Gasteiger partial charge in [0.05, 0.1) is 18.9 Å². The van der Waals surface area contributed by atoms with Crippen molar-refractivity contribution in [2.75, 3.05) is 24.1 Å². The molecule has 2 aromatic rings. The Morgan fingerprint density at radius 3 is 2.54 bits per heavy atom. The molecule has 2 aromatic carbocycles. The fourth-order valence-electron chi connectivity index (χ4n) is 2.90. The van der Waals surface area contributed by atoms with Crippen LogP contribution in [-0.2, 0) is 16.4 Å². The number of nitrogens with zero attached hydrogens (tertiary/aromatic N) is 1. The molecular formula is C18H21NO4S. The lowest BCUT2D eigenvalue weighted by Gasteiger charge is -2.21. The molecule has 1 aliphatic heterocycles. The number of fused-ring (bicyclic) bond motifs is 1. The van der Waals surface area contributed by atoms with E-state index < -0.39 is 10.0 Å². The molecule has 0 atom stereocenters. The lowest BCUT2D eigenvalue weighted by atomic mass is 10.2. The summed E-state index contributed by atoms with van der Waals surface area (Å²) in [6, 6.07) is 12.5. The smallest absolute Gasteiger partial charge is 0.268 e. The summed E-state index contributed by atoms with van der Waals surface area (Å²) in [7, 11) is -3.72. The first-order valence-electron chi connectivity index (χ1n) is 8.08. The highest BCUT2D eigenvalue weighted by molar-refractivity contribution is 7.93. The minimum atomic E-state index is -3.72. The normalized spacial score (nSPS) is 13.7. The molecule has 0 N–H and O–H groups in total. The number of ether oxygens (including phenoxy) is 2. The van der Waals surface area contributed by atoms with Gasteiger partial charge in [0.1, 0.15) is 16.4 Å². The Labute approximate surface area is 142 Å². The lowest BCUT2D eigenvalue weighted by molar-refractivity contribution is 0.322. The van der Waals surface area contributed by atoms with E-state index >= 15 is 0 Å². The lowest BCUT2D eigenvalue weighted by Crippen LogP contribution is -2.29. The van der Waals surface area contributed by atoms with Crippen molar-refractivity contribution in [3.05, 3.63) is 48.0 Å². The molecule has 1 heterocycles. The van der Waals surface area contributed by atoms with Crippen LogP contribution in [0.15, 0.2) is 47.4 Å². The first-order valence-corrected chi connectivity index (χ1v) is 9.52. The van der Waals surface area contributed by atoms with Crippen molar-refractivity contribution < 1.29 is 17.9 Å². The van der Waals surface area contributed by atoms with Gasteiger partial charge >= 0.3 is 0 Å². The van der Waals surface area contributed by atoms with E-state index in [2.05, 4.69) is 0 Å². The molecule has 5 nitrogen and oxygen atoms in total. The summed E-state index contributed by atoms with van der Waals surface area (Å²) in [5, 5.41) is 0. The van der Waals surface area contributed by atoms with Gasteiger partial charge in [-0.15, -0.1) is 0 Å². The summed E-state index contributed by atoms with van der Waals surface area (Å²) >= 11 is 0. The highest BCUT2D eigenvalue weighted by Crippen LogP contribution is 2.37. The van der Waals surface area contributed by atoms with Crippen LogP contribution in [0.5, 0.6) is 11.5 Å². The second-order valence-electron chi connectivity index (χ2n) is 5.43. The van der Waals surface area contributed by atoms with Crippen LogP contribution in [0.3, 0.4) is 0 Å². The molecule has 128 valence electrons. The summed E-state index contributed by atoms with van der Waals surface area (Å²) in [5.41, 5.74) is 1.78. The Balaban J connectivity index is 2.08. The van der Waals surface area contributed by atoms with Crippen molar-refractivity contribution in [3.8, 4) is 11.5 Å². The molecule has 3 rings (SSSR count). The maximum atomic E-state index is 13.2. The monoisotopic (exact) mass is 347 g/mol. The zero-order valence-electron chi connectivity index (χ0n) is 13.9. The number of para-hydroxylation sites is 1. The first kappa shape index (κ1) is 16.6. The Kier molecular flexibility index (Phi) is 4.66. The van der Waals surface area contributed by atoms with Crippen LogP contribution in [0.25, 0.3) is 0 Å². The Morgan fingerprint density at radius 1 is 1.04 bits per heavy atom. The van der Waals surface area contributed by atoms with Gasteiger partial charge in [-0.3, -0.25) is 4.31 Å². The van der Waals surface area contributed by atoms with E-state index in [9.17, 15) is 8.42 Å². The number of benzene rings is 2. The van der Waals surface area contributed by atoms with Crippen LogP contribution >= 0.6 is 0 Å². The van der Waals surface area contributed by atoms with Gasteiger partial charge in [0.25, 0.3) is 10.0 Å². The van der Waals surface area contributed by atoms with Gasteiger partial charge in [0, 0.05) is 12.6 Å². The van der Waals surface area contributed by atoms with Gasteiger partial charge in [0.15, 0.2) is 0 Å². The molecule has 0 amide bonds. The molecule has 0 spiro atoms. The number of hydrogen-bond acceptors (Lipinski definition) is 4. The van der Waals surface area contributed by atoms with Crippen LogP contribution in [0, 0.1) is 0 Å². The van der Waals surface area contributed by atoms with Crippen LogP contribution in [0.1, 0.15) is 19.4 Å². The Bertz CT molecular complexity index is 833. The van der Waals surface area contributed by atoms with E-state index in [1.807, 2.05) is 38.1 Å². The third kappa shape index (κ3) is 2.94. The molecule has 0 saturated carbocycles. The van der Waals surface area contributed by atoms with E-state index in [1.54, 1.807) is 18.2 Å². The van der Waals surface area contributed by atoms with Crippen molar-refractivity contribution in [2.24, 2.45) is 0 Å². The summed E-state index contributed by atoms with van der Waals surface area (Å²) in [6.45, 7) is 5.00. The highest BCUT2D eigenvalue weighted by atomic mass is 32.2. The maximum absolute atomic E-state index is 13.2. The van der Waals surface area contributed by atoms with E-state index in [0.717, 1.165) is 11.3 Å². The average Bonchev–Trinajstić information content (AvgIpc) is 3.01. The predicted octanol–water partition coefficient (Wildman–Crippen LogP) is 3.24. The van der Waals surface area contributed by atoms with Crippen LogP contribution in [-0.4, -0.2) is 28.2 Å². The first-order chi connectivity index (χ1) is 11.6. The van der Waals surface area contributed by atoms with Crippen LogP contribution in [0.4, 0.5) is 5.69 Å². The molecule has 0 radical (unpaired) electrons. The second kappa shape index (κ2) is 6.73. The van der Waals surface area contributed by atoms with Gasteiger partial charge in [-0.05, 0) is 44.0 Å². The van der Waals surface area contributed by atoms with E-state index in [-0.39, 0.29) is 4.90 Å². The summed E-state index contributed by atoms with van der Waals surface area (Å²) in [5.74, 6) is 0.873. The molecular weight excluding hydrogens is 326 g/mol. The highest BCUT2D eigenvalue weighted by Gasteiger charge is 2.33.